The lowest BCUT2D eigenvalue weighted by Gasteiger charge is -2.15. The SMILES string of the molecule is CCc1ccc(OC2CS(=O)(=O)CC2O)cc1. The zero-order valence-corrected chi connectivity index (χ0v) is 10.5. The van der Waals surface area contributed by atoms with Gasteiger partial charge in [0.15, 0.2) is 9.84 Å². The van der Waals surface area contributed by atoms with E-state index in [9.17, 15) is 13.5 Å². The number of aliphatic hydroxyl groups excluding tert-OH is 1. The largest absolute Gasteiger partial charge is 0.487 e. The van der Waals surface area contributed by atoms with Crippen molar-refractivity contribution in [3.8, 4) is 5.75 Å². The molecular formula is C12H16O4S. The average molecular weight is 256 g/mol. The molecule has 1 heterocycles. The van der Waals surface area contributed by atoms with Gasteiger partial charge >= 0.3 is 0 Å². The number of aryl methyl sites for hydroxylation is 1. The van der Waals surface area contributed by atoms with Gasteiger partial charge in [-0.2, -0.15) is 0 Å². The molecule has 17 heavy (non-hydrogen) atoms. The van der Waals surface area contributed by atoms with Gasteiger partial charge < -0.3 is 9.84 Å². The van der Waals surface area contributed by atoms with Gasteiger partial charge in [0, 0.05) is 0 Å². The zero-order chi connectivity index (χ0) is 12.5. The number of aliphatic hydroxyl groups is 1. The van der Waals surface area contributed by atoms with Crippen molar-refractivity contribution < 1.29 is 18.3 Å². The predicted octanol–water partition coefficient (Wildman–Crippen LogP) is 0.786. The maximum absolute atomic E-state index is 11.3. The Bertz CT molecular complexity index is 478. The maximum atomic E-state index is 11.3. The molecule has 0 bridgehead atoms. The zero-order valence-electron chi connectivity index (χ0n) is 9.67. The van der Waals surface area contributed by atoms with Crippen molar-refractivity contribution >= 4 is 9.84 Å². The fourth-order valence-corrected chi connectivity index (χ4v) is 3.55. The van der Waals surface area contributed by atoms with E-state index in [4.69, 9.17) is 4.74 Å². The number of hydrogen-bond acceptors (Lipinski definition) is 4. The fraction of sp³-hybridized carbons (Fsp3) is 0.500. The minimum atomic E-state index is -3.15. The second-order valence-electron chi connectivity index (χ2n) is 4.30. The molecule has 0 radical (unpaired) electrons. The van der Waals surface area contributed by atoms with E-state index in [2.05, 4.69) is 6.92 Å². The highest BCUT2D eigenvalue weighted by Crippen LogP contribution is 2.20. The van der Waals surface area contributed by atoms with E-state index in [1.54, 1.807) is 12.1 Å². The topological polar surface area (TPSA) is 63.6 Å². The highest BCUT2D eigenvalue weighted by Gasteiger charge is 2.38. The Morgan fingerprint density at radius 3 is 2.41 bits per heavy atom. The van der Waals surface area contributed by atoms with E-state index in [-0.39, 0.29) is 11.5 Å². The van der Waals surface area contributed by atoms with Crippen LogP contribution in [0.5, 0.6) is 5.75 Å². The minimum Gasteiger partial charge on any atom is -0.487 e. The quantitative estimate of drug-likeness (QED) is 0.868. The van der Waals surface area contributed by atoms with Gasteiger partial charge in [-0.25, -0.2) is 8.42 Å². The number of ether oxygens (including phenoxy) is 1. The first-order valence-corrected chi connectivity index (χ1v) is 7.46. The molecule has 0 aromatic heterocycles. The van der Waals surface area contributed by atoms with Gasteiger partial charge in [0.05, 0.1) is 11.5 Å². The van der Waals surface area contributed by atoms with Gasteiger partial charge in [0.25, 0.3) is 0 Å². The first-order valence-electron chi connectivity index (χ1n) is 5.64. The molecule has 1 aliphatic rings. The van der Waals surface area contributed by atoms with Crippen LogP contribution in [0.2, 0.25) is 0 Å². The number of rotatable bonds is 3. The molecule has 1 aromatic rings. The van der Waals surface area contributed by atoms with Crippen LogP contribution in [0.4, 0.5) is 0 Å². The van der Waals surface area contributed by atoms with Crippen LogP contribution in [0.1, 0.15) is 12.5 Å². The lowest BCUT2D eigenvalue weighted by molar-refractivity contribution is 0.0738. The molecule has 2 rings (SSSR count). The molecule has 2 atom stereocenters. The third kappa shape index (κ3) is 2.98. The summed E-state index contributed by atoms with van der Waals surface area (Å²) < 4.78 is 28.1. The molecule has 0 aliphatic carbocycles. The molecule has 1 aromatic carbocycles. The monoisotopic (exact) mass is 256 g/mol. The van der Waals surface area contributed by atoms with Gasteiger partial charge in [0.1, 0.15) is 18.0 Å². The van der Waals surface area contributed by atoms with Gasteiger partial charge in [-0.15, -0.1) is 0 Å². The van der Waals surface area contributed by atoms with E-state index in [1.807, 2.05) is 12.1 Å². The number of sulfone groups is 1. The molecule has 94 valence electrons. The molecule has 1 N–H and O–H groups in total. The van der Waals surface area contributed by atoms with Crippen molar-refractivity contribution in [2.45, 2.75) is 25.6 Å². The smallest absolute Gasteiger partial charge is 0.156 e. The van der Waals surface area contributed by atoms with Crippen LogP contribution in [0.3, 0.4) is 0 Å². The Kier molecular flexibility index (Phi) is 3.40. The Morgan fingerprint density at radius 1 is 1.29 bits per heavy atom. The fourth-order valence-electron chi connectivity index (χ4n) is 1.89. The standard InChI is InChI=1S/C12H16O4S/c1-2-9-3-5-10(6-4-9)16-12-8-17(14,15)7-11(12)13/h3-6,11-13H,2,7-8H2,1H3. The van der Waals surface area contributed by atoms with Crippen LogP contribution in [-0.2, 0) is 16.3 Å². The number of benzene rings is 1. The van der Waals surface area contributed by atoms with Crippen molar-refractivity contribution in [1.29, 1.82) is 0 Å². The molecule has 0 saturated carbocycles. The van der Waals surface area contributed by atoms with Crippen molar-refractivity contribution in [3.05, 3.63) is 29.8 Å². The Balaban J connectivity index is 2.06. The summed E-state index contributed by atoms with van der Waals surface area (Å²) in [6, 6.07) is 7.48. The minimum absolute atomic E-state index is 0.107. The van der Waals surface area contributed by atoms with E-state index < -0.39 is 22.0 Å². The van der Waals surface area contributed by atoms with Gasteiger partial charge in [-0.05, 0) is 24.1 Å². The molecule has 1 aliphatic heterocycles. The molecular weight excluding hydrogens is 240 g/mol. The second-order valence-corrected chi connectivity index (χ2v) is 6.45. The summed E-state index contributed by atoms with van der Waals surface area (Å²) in [4.78, 5) is 0. The molecule has 0 spiro atoms. The maximum Gasteiger partial charge on any atom is 0.156 e. The summed E-state index contributed by atoms with van der Waals surface area (Å²) in [7, 11) is -3.15. The van der Waals surface area contributed by atoms with Gasteiger partial charge in [-0.1, -0.05) is 19.1 Å². The van der Waals surface area contributed by atoms with Gasteiger partial charge in [-0.3, -0.25) is 0 Å². The van der Waals surface area contributed by atoms with Crippen molar-refractivity contribution in [2.75, 3.05) is 11.5 Å². The van der Waals surface area contributed by atoms with E-state index in [0.29, 0.717) is 5.75 Å². The van der Waals surface area contributed by atoms with E-state index >= 15 is 0 Å². The van der Waals surface area contributed by atoms with Crippen molar-refractivity contribution in [2.24, 2.45) is 0 Å². The number of hydrogen-bond donors (Lipinski definition) is 1. The molecule has 5 heteroatoms. The van der Waals surface area contributed by atoms with Gasteiger partial charge in [0.2, 0.25) is 0 Å². The normalized spacial score (nSPS) is 26.9. The molecule has 4 nitrogen and oxygen atoms in total. The van der Waals surface area contributed by atoms with E-state index in [1.165, 1.54) is 5.56 Å². The van der Waals surface area contributed by atoms with E-state index in [0.717, 1.165) is 6.42 Å². The molecule has 1 saturated heterocycles. The van der Waals surface area contributed by atoms with Crippen LogP contribution in [0.25, 0.3) is 0 Å². The molecule has 2 unspecified atom stereocenters. The summed E-state index contributed by atoms with van der Waals surface area (Å²) in [5.74, 6) is 0.289. The van der Waals surface area contributed by atoms with Crippen LogP contribution < -0.4 is 4.74 Å². The Labute approximate surface area is 101 Å². The summed E-state index contributed by atoms with van der Waals surface area (Å²) >= 11 is 0. The first-order chi connectivity index (χ1) is 8.00. The third-order valence-corrected chi connectivity index (χ3v) is 4.58. The summed E-state index contributed by atoms with van der Waals surface area (Å²) in [5.41, 5.74) is 1.19. The Morgan fingerprint density at radius 2 is 1.94 bits per heavy atom. The first kappa shape index (κ1) is 12.4. The lowest BCUT2D eigenvalue weighted by atomic mass is 10.2. The lowest BCUT2D eigenvalue weighted by Crippen LogP contribution is -2.29. The van der Waals surface area contributed by atoms with Crippen LogP contribution >= 0.6 is 0 Å². The second kappa shape index (κ2) is 4.66. The van der Waals surface area contributed by atoms with Crippen LogP contribution in [0.15, 0.2) is 24.3 Å². The van der Waals surface area contributed by atoms with Crippen LogP contribution in [-0.4, -0.2) is 37.2 Å². The Hall–Kier alpha value is -1.07. The predicted molar refractivity (Wildman–Crippen MR) is 64.9 cm³/mol. The highest BCUT2D eigenvalue weighted by molar-refractivity contribution is 7.91. The summed E-state index contributed by atoms with van der Waals surface area (Å²) in [6.45, 7) is 2.06. The molecule has 1 fully saturated rings. The summed E-state index contributed by atoms with van der Waals surface area (Å²) in [5, 5.41) is 9.58. The van der Waals surface area contributed by atoms with Crippen molar-refractivity contribution in [3.63, 3.8) is 0 Å². The summed E-state index contributed by atoms with van der Waals surface area (Å²) in [6.07, 6.45) is -0.626. The van der Waals surface area contributed by atoms with Crippen LogP contribution in [0, 0.1) is 0 Å². The highest BCUT2D eigenvalue weighted by atomic mass is 32.2. The third-order valence-electron chi connectivity index (χ3n) is 2.89. The molecule has 0 amide bonds. The van der Waals surface area contributed by atoms with Crippen molar-refractivity contribution in [1.82, 2.24) is 0 Å². The average Bonchev–Trinajstić information content (AvgIpc) is 2.53.